The zero-order valence-corrected chi connectivity index (χ0v) is 17.9. The summed E-state index contributed by atoms with van der Waals surface area (Å²) >= 11 is -1.44. The molecule has 0 atom stereocenters. The normalized spacial score (nSPS) is 30.8. The lowest BCUT2D eigenvalue weighted by molar-refractivity contribution is -0.464. The molecule has 14 heteroatoms. The highest BCUT2D eigenvalue weighted by Crippen LogP contribution is 2.57. The largest absolute Gasteiger partial charge is 0.436 e. The Balaban J connectivity index is 1.50. The van der Waals surface area contributed by atoms with E-state index in [1.165, 1.54) is 0 Å². The third-order valence-corrected chi connectivity index (χ3v) is 6.85. The molecule has 0 amide bonds. The Labute approximate surface area is 183 Å². The predicted octanol–water partition coefficient (Wildman–Crippen LogP) is 6.34. The maximum atomic E-state index is 13.9. The molecular formula is C18H24F8O5S. The molecule has 0 aromatic heterocycles. The second kappa shape index (κ2) is 9.33. The minimum atomic E-state index is -6.02. The summed E-state index contributed by atoms with van der Waals surface area (Å²) in [6, 6.07) is 0. The van der Waals surface area contributed by atoms with Gasteiger partial charge in [0.2, 0.25) is 0 Å². The smallest absolute Gasteiger partial charge is 0.375 e. The summed E-state index contributed by atoms with van der Waals surface area (Å²) in [6.45, 7) is -0.275. The summed E-state index contributed by atoms with van der Waals surface area (Å²) in [7, 11) is 0.773. The first kappa shape index (κ1) is 26.2. The van der Waals surface area contributed by atoms with E-state index >= 15 is 0 Å². The Morgan fingerprint density at radius 3 is 1.88 bits per heavy atom. The van der Waals surface area contributed by atoms with Crippen LogP contribution in [-0.4, -0.2) is 42.7 Å². The van der Waals surface area contributed by atoms with Crippen LogP contribution in [0.5, 0.6) is 0 Å². The van der Waals surface area contributed by atoms with Crippen molar-refractivity contribution in [2.75, 3.05) is 13.7 Å². The Morgan fingerprint density at radius 1 is 0.844 bits per heavy atom. The van der Waals surface area contributed by atoms with Crippen molar-refractivity contribution in [1.29, 1.82) is 0 Å². The number of hydrogen-bond acceptors (Lipinski definition) is 6. The molecule has 4 aliphatic rings. The average Bonchev–Trinajstić information content (AvgIpc) is 2.63. The summed E-state index contributed by atoms with van der Waals surface area (Å²) in [5.41, 5.74) is -0.445. The van der Waals surface area contributed by atoms with Crippen LogP contribution in [0.1, 0.15) is 51.4 Å². The number of hydrogen-bond donors (Lipinski definition) is 0. The number of ether oxygens (including phenoxy) is 2. The van der Waals surface area contributed by atoms with E-state index in [0.29, 0.717) is 17.8 Å². The summed E-state index contributed by atoms with van der Waals surface area (Å²) in [6.07, 6.45) is -8.36. The molecule has 4 rings (SSSR count). The number of rotatable bonds is 13. The molecule has 4 bridgehead atoms. The summed E-state index contributed by atoms with van der Waals surface area (Å²) in [5.74, 6) is -3.60. The molecule has 188 valence electrons. The van der Waals surface area contributed by atoms with Crippen LogP contribution in [-0.2, 0) is 23.7 Å². The van der Waals surface area contributed by atoms with Gasteiger partial charge in [-0.05, 0) is 62.7 Å². The maximum Gasteiger partial charge on any atom is 0.436 e. The van der Waals surface area contributed by atoms with E-state index in [1.54, 1.807) is 0 Å². The molecule has 4 fully saturated rings. The van der Waals surface area contributed by atoms with Gasteiger partial charge in [0.15, 0.2) is 0 Å². The van der Waals surface area contributed by atoms with Gasteiger partial charge in [0.25, 0.3) is 0 Å². The van der Waals surface area contributed by atoms with Gasteiger partial charge in [0, 0.05) is 13.0 Å². The fraction of sp³-hybridized carbons (Fsp3) is 1.00. The van der Waals surface area contributed by atoms with E-state index in [-0.39, 0.29) is 6.61 Å². The third-order valence-electron chi connectivity index (χ3n) is 6.28. The summed E-state index contributed by atoms with van der Waals surface area (Å²) in [4.78, 5) is 3.69. The molecule has 4 aliphatic carbocycles. The Morgan fingerprint density at radius 2 is 1.38 bits per heavy atom. The lowest BCUT2D eigenvalue weighted by atomic mass is 9.54. The average molecular weight is 504 g/mol. The lowest BCUT2D eigenvalue weighted by Gasteiger charge is -2.56. The quantitative estimate of drug-likeness (QED) is 0.0959. The molecule has 0 aromatic rings. The van der Waals surface area contributed by atoms with E-state index < -0.39 is 53.9 Å². The third kappa shape index (κ3) is 5.62. The second-order valence-electron chi connectivity index (χ2n) is 8.80. The van der Waals surface area contributed by atoms with Crippen molar-refractivity contribution in [3.63, 3.8) is 0 Å². The lowest BCUT2D eigenvalue weighted by Crippen LogP contribution is -2.53. The molecule has 0 spiro atoms. The molecule has 0 N–H and O–H groups in total. The van der Waals surface area contributed by atoms with Crippen molar-refractivity contribution in [2.45, 2.75) is 80.4 Å². The zero-order valence-electron chi connectivity index (χ0n) is 17.1. The number of halogens is 8. The Hall–Kier alpha value is -0.410. The molecule has 0 aromatic carbocycles. The van der Waals surface area contributed by atoms with Crippen LogP contribution in [0.4, 0.5) is 35.1 Å². The maximum absolute atomic E-state index is 13.9. The Kier molecular flexibility index (Phi) is 7.64. The van der Waals surface area contributed by atoms with Crippen LogP contribution in [0, 0.1) is 17.8 Å². The van der Waals surface area contributed by atoms with Crippen molar-refractivity contribution < 1.29 is 58.9 Å². The van der Waals surface area contributed by atoms with E-state index in [4.69, 9.17) is 4.74 Å². The predicted molar refractivity (Wildman–Crippen MR) is 93.7 cm³/mol. The van der Waals surface area contributed by atoms with E-state index in [1.807, 2.05) is 0 Å². The second-order valence-corrected chi connectivity index (χ2v) is 9.61. The summed E-state index contributed by atoms with van der Waals surface area (Å²) in [5, 5.41) is -2.03. The molecule has 0 saturated heterocycles. The first-order valence-corrected chi connectivity index (χ1v) is 10.9. The van der Waals surface area contributed by atoms with E-state index in [0.717, 1.165) is 45.6 Å². The van der Waals surface area contributed by atoms with Crippen molar-refractivity contribution in [2.24, 2.45) is 17.8 Å². The molecule has 5 nitrogen and oxygen atoms in total. The van der Waals surface area contributed by atoms with Gasteiger partial charge in [-0.2, -0.15) is 35.1 Å². The van der Waals surface area contributed by atoms with Gasteiger partial charge in [-0.25, -0.2) is 9.62 Å². The molecule has 0 aliphatic heterocycles. The van der Waals surface area contributed by atoms with Crippen LogP contribution >= 0.6 is 12.0 Å². The molecule has 0 heterocycles. The highest BCUT2D eigenvalue weighted by Gasteiger charge is 2.69. The van der Waals surface area contributed by atoms with Gasteiger partial charge in [-0.3, -0.25) is 0 Å². The molecule has 4 saturated carbocycles. The molecule has 0 radical (unpaired) electrons. The van der Waals surface area contributed by atoms with Gasteiger partial charge in [0.1, 0.15) is 12.0 Å². The minimum Gasteiger partial charge on any atom is -0.375 e. The fourth-order valence-corrected chi connectivity index (χ4v) is 5.67. The zero-order chi connectivity index (χ0) is 23.8. The van der Waals surface area contributed by atoms with Gasteiger partial charge in [-0.1, -0.05) is 5.04 Å². The van der Waals surface area contributed by atoms with Crippen LogP contribution in [0.2, 0.25) is 0 Å². The van der Waals surface area contributed by atoms with Gasteiger partial charge < -0.3 is 4.74 Å². The van der Waals surface area contributed by atoms with Crippen LogP contribution in [0.15, 0.2) is 0 Å². The van der Waals surface area contributed by atoms with E-state index in [9.17, 15) is 35.1 Å². The Bertz CT molecular complexity index is 616. The molecule has 0 unspecified atom stereocenters. The van der Waals surface area contributed by atoms with Gasteiger partial charge in [-0.15, -0.1) is 4.33 Å². The van der Waals surface area contributed by atoms with Crippen LogP contribution < -0.4 is 0 Å². The van der Waals surface area contributed by atoms with Crippen LogP contribution in [0.25, 0.3) is 0 Å². The summed E-state index contributed by atoms with van der Waals surface area (Å²) < 4.78 is 121. The van der Waals surface area contributed by atoms with Crippen molar-refractivity contribution >= 4 is 12.0 Å². The molecule has 32 heavy (non-hydrogen) atoms. The van der Waals surface area contributed by atoms with Crippen molar-refractivity contribution in [1.82, 2.24) is 0 Å². The van der Waals surface area contributed by atoms with Crippen molar-refractivity contribution in [3.8, 4) is 0 Å². The number of alkyl halides is 8. The SMILES string of the molecule is COOOSC(F)(F)C(F)(F)OC(F)(F)C(F)(F)CCCOC12CC3CC(CC(C3)C1)C2. The fourth-order valence-electron chi connectivity index (χ4n) is 5.36. The molecular weight excluding hydrogens is 480 g/mol. The van der Waals surface area contributed by atoms with Crippen molar-refractivity contribution in [3.05, 3.63) is 0 Å². The van der Waals surface area contributed by atoms with E-state index in [2.05, 4.69) is 19.0 Å². The first-order valence-electron chi connectivity index (χ1n) is 10.1. The first-order chi connectivity index (χ1) is 14.7. The van der Waals surface area contributed by atoms with Gasteiger partial charge >= 0.3 is 23.4 Å². The van der Waals surface area contributed by atoms with Crippen LogP contribution in [0.3, 0.4) is 0 Å². The minimum absolute atomic E-state index is 0.275. The highest BCUT2D eigenvalue weighted by molar-refractivity contribution is 7.95. The monoisotopic (exact) mass is 504 g/mol. The highest BCUT2D eigenvalue weighted by atomic mass is 32.2. The standard InChI is InChI=1S/C18H24F8O5S/c1-27-30-31-32-18(25,26)17(23,24)29-16(21,22)15(19,20)3-2-4-28-14-8-11-5-12(9-14)7-13(6-11)10-14/h11-13H,2-10H2,1H3. The van der Waals surface area contributed by atoms with Gasteiger partial charge in [0.05, 0.1) is 12.7 Å². The topological polar surface area (TPSA) is 46.2 Å².